The molecule has 2 N–H and O–H groups in total. The maximum absolute atomic E-state index is 13.8. The molecule has 0 spiro atoms. The lowest BCUT2D eigenvalue weighted by Gasteiger charge is -2.28. The zero-order valence-corrected chi connectivity index (χ0v) is 20.2. The molecule has 1 fully saturated rings. The molecule has 3 rings (SSSR count). The summed E-state index contributed by atoms with van der Waals surface area (Å²) in [6.45, 7) is 3.27. The largest absolute Gasteiger partial charge is 0.481 e. The molecule has 0 unspecified atom stereocenters. The van der Waals surface area contributed by atoms with Crippen molar-refractivity contribution in [3.8, 4) is 0 Å². The Bertz CT molecular complexity index is 958. The van der Waals surface area contributed by atoms with Crippen molar-refractivity contribution in [2.45, 2.75) is 57.3 Å². The summed E-state index contributed by atoms with van der Waals surface area (Å²) in [4.78, 5) is 13.2. The number of carbonyl (C=O) groups is 1. The first-order valence-corrected chi connectivity index (χ1v) is 12.0. The standard InChI is InChI=1S/C25H30Cl2FNO4/c1-16(22-13-19(28)7-5-18(22)6-9-25(31)32)33-15-21(30)14-29-10-2-3-20(29)11-17-4-8-23(26)24(27)12-17/h4-5,7-8,12-13,16,20-21,30H,2-3,6,9-11,14-15H2,1H3,(H,31,32)/t16-,20+,21-/m1/s1. The molecule has 33 heavy (non-hydrogen) atoms. The Labute approximate surface area is 204 Å². The fraction of sp³-hybridized carbons (Fsp3) is 0.480. The Morgan fingerprint density at radius 3 is 2.76 bits per heavy atom. The van der Waals surface area contributed by atoms with E-state index < -0.39 is 24.0 Å². The number of hydrogen-bond acceptors (Lipinski definition) is 4. The number of β-amino-alcohol motifs (C(OH)–C–C–N with tert-alkyl or cyclic N) is 1. The lowest BCUT2D eigenvalue weighted by atomic mass is 9.99. The van der Waals surface area contributed by atoms with Crippen molar-refractivity contribution < 1.29 is 24.1 Å². The Kier molecular flexibility index (Phi) is 9.53. The van der Waals surface area contributed by atoms with Crippen LogP contribution in [0.1, 0.15) is 49.0 Å². The van der Waals surface area contributed by atoms with Crippen molar-refractivity contribution in [2.24, 2.45) is 0 Å². The van der Waals surface area contributed by atoms with Crippen LogP contribution in [-0.4, -0.2) is 52.9 Å². The first-order valence-electron chi connectivity index (χ1n) is 11.2. The number of likely N-dealkylation sites (tertiary alicyclic amines) is 1. The summed E-state index contributed by atoms with van der Waals surface area (Å²) in [5.41, 5.74) is 2.46. The number of halogens is 3. The number of ether oxygens (including phenoxy) is 1. The molecule has 2 aromatic rings. The summed E-state index contributed by atoms with van der Waals surface area (Å²) in [5.74, 6) is -1.31. The highest BCUT2D eigenvalue weighted by molar-refractivity contribution is 6.42. The van der Waals surface area contributed by atoms with Crippen molar-refractivity contribution in [3.05, 3.63) is 69.0 Å². The second-order valence-corrected chi connectivity index (χ2v) is 9.42. The first-order chi connectivity index (χ1) is 15.7. The van der Waals surface area contributed by atoms with Crippen LogP contribution in [0.4, 0.5) is 4.39 Å². The van der Waals surface area contributed by atoms with Crippen LogP contribution in [-0.2, 0) is 22.4 Å². The lowest BCUT2D eigenvalue weighted by molar-refractivity contribution is -0.136. The lowest BCUT2D eigenvalue weighted by Crippen LogP contribution is -2.39. The van der Waals surface area contributed by atoms with E-state index in [2.05, 4.69) is 4.90 Å². The maximum Gasteiger partial charge on any atom is 0.303 e. The van der Waals surface area contributed by atoms with Crippen molar-refractivity contribution in [1.29, 1.82) is 0 Å². The van der Waals surface area contributed by atoms with Gasteiger partial charge in [-0.05, 0) is 80.1 Å². The van der Waals surface area contributed by atoms with Gasteiger partial charge in [-0.1, -0.05) is 35.3 Å². The molecule has 0 aromatic heterocycles. The van der Waals surface area contributed by atoms with Gasteiger partial charge in [0.25, 0.3) is 0 Å². The topological polar surface area (TPSA) is 70.0 Å². The highest BCUT2D eigenvalue weighted by atomic mass is 35.5. The van der Waals surface area contributed by atoms with E-state index in [-0.39, 0.29) is 13.0 Å². The molecule has 1 heterocycles. The third-order valence-electron chi connectivity index (χ3n) is 6.09. The van der Waals surface area contributed by atoms with E-state index in [0.29, 0.717) is 34.6 Å². The molecule has 1 saturated heterocycles. The minimum atomic E-state index is -0.907. The SMILES string of the molecule is C[C@@H](OC[C@H](O)CN1CCC[C@H]1Cc1ccc(Cl)c(Cl)c1)c1cc(F)ccc1CCC(=O)O. The number of aliphatic hydroxyl groups is 1. The van der Waals surface area contributed by atoms with Crippen LogP contribution in [0, 0.1) is 5.82 Å². The smallest absolute Gasteiger partial charge is 0.303 e. The average molecular weight is 498 g/mol. The number of aliphatic carboxylic acids is 1. The van der Waals surface area contributed by atoms with Crippen molar-refractivity contribution >= 4 is 29.2 Å². The van der Waals surface area contributed by atoms with Gasteiger partial charge in [0, 0.05) is 19.0 Å². The minimum absolute atomic E-state index is 0.0385. The molecule has 5 nitrogen and oxygen atoms in total. The predicted molar refractivity (Wildman–Crippen MR) is 127 cm³/mol. The van der Waals surface area contributed by atoms with Gasteiger partial charge in [-0.15, -0.1) is 0 Å². The molecule has 0 saturated carbocycles. The quantitative estimate of drug-likeness (QED) is 0.441. The van der Waals surface area contributed by atoms with Gasteiger partial charge in [0.05, 0.1) is 28.9 Å². The van der Waals surface area contributed by atoms with Crippen molar-refractivity contribution in [2.75, 3.05) is 19.7 Å². The Morgan fingerprint density at radius 1 is 1.24 bits per heavy atom. The van der Waals surface area contributed by atoms with Crippen LogP contribution in [0.5, 0.6) is 0 Å². The molecule has 0 bridgehead atoms. The van der Waals surface area contributed by atoms with E-state index in [9.17, 15) is 14.3 Å². The number of rotatable bonds is 11. The molecule has 0 amide bonds. The molecule has 3 atom stereocenters. The van der Waals surface area contributed by atoms with Crippen LogP contribution in [0.15, 0.2) is 36.4 Å². The highest BCUT2D eigenvalue weighted by Crippen LogP contribution is 2.27. The van der Waals surface area contributed by atoms with Gasteiger partial charge in [-0.25, -0.2) is 4.39 Å². The van der Waals surface area contributed by atoms with Crippen LogP contribution >= 0.6 is 23.2 Å². The van der Waals surface area contributed by atoms with E-state index in [1.54, 1.807) is 19.1 Å². The van der Waals surface area contributed by atoms with E-state index >= 15 is 0 Å². The molecule has 2 aromatic carbocycles. The summed E-state index contributed by atoms with van der Waals surface area (Å²) in [5, 5.41) is 20.6. The summed E-state index contributed by atoms with van der Waals surface area (Å²) >= 11 is 12.2. The monoisotopic (exact) mass is 497 g/mol. The molecule has 8 heteroatoms. The van der Waals surface area contributed by atoms with Gasteiger partial charge in [0.2, 0.25) is 0 Å². The predicted octanol–water partition coefficient (Wildman–Crippen LogP) is 5.30. The van der Waals surface area contributed by atoms with Gasteiger partial charge < -0.3 is 14.9 Å². The average Bonchev–Trinajstić information content (AvgIpc) is 3.19. The van der Waals surface area contributed by atoms with Crippen LogP contribution in [0.3, 0.4) is 0 Å². The van der Waals surface area contributed by atoms with Gasteiger partial charge in [0.1, 0.15) is 5.82 Å². The third kappa shape index (κ3) is 7.66. The maximum atomic E-state index is 13.8. The fourth-order valence-corrected chi connectivity index (χ4v) is 4.71. The summed E-state index contributed by atoms with van der Waals surface area (Å²) in [6, 6.07) is 10.3. The zero-order chi connectivity index (χ0) is 24.0. The van der Waals surface area contributed by atoms with E-state index in [4.69, 9.17) is 33.0 Å². The number of carboxylic acids is 1. The molecule has 180 valence electrons. The second kappa shape index (κ2) is 12.1. The first kappa shape index (κ1) is 25.9. The van der Waals surface area contributed by atoms with Crippen molar-refractivity contribution in [1.82, 2.24) is 4.90 Å². The number of carboxylic acid groups (broad SMARTS) is 1. The Morgan fingerprint density at radius 2 is 2.03 bits per heavy atom. The second-order valence-electron chi connectivity index (χ2n) is 8.61. The van der Waals surface area contributed by atoms with E-state index in [1.165, 1.54) is 12.1 Å². The normalized spacial score (nSPS) is 18.4. The van der Waals surface area contributed by atoms with Crippen LogP contribution in [0.25, 0.3) is 0 Å². The van der Waals surface area contributed by atoms with Crippen LogP contribution in [0.2, 0.25) is 10.0 Å². The van der Waals surface area contributed by atoms with Gasteiger partial charge >= 0.3 is 5.97 Å². The minimum Gasteiger partial charge on any atom is -0.481 e. The Hall–Kier alpha value is -1.70. The van der Waals surface area contributed by atoms with Gasteiger partial charge in [-0.2, -0.15) is 0 Å². The molecular weight excluding hydrogens is 468 g/mol. The number of hydrogen-bond donors (Lipinski definition) is 2. The van der Waals surface area contributed by atoms with Gasteiger partial charge in [-0.3, -0.25) is 9.69 Å². The van der Waals surface area contributed by atoms with Crippen LogP contribution < -0.4 is 0 Å². The number of aliphatic hydroxyl groups excluding tert-OH is 1. The molecule has 1 aliphatic heterocycles. The summed E-state index contributed by atoms with van der Waals surface area (Å²) in [7, 11) is 0. The highest BCUT2D eigenvalue weighted by Gasteiger charge is 2.27. The third-order valence-corrected chi connectivity index (χ3v) is 6.83. The zero-order valence-electron chi connectivity index (χ0n) is 18.6. The number of aryl methyl sites for hydroxylation is 1. The fourth-order valence-electron chi connectivity index (χ4n) is 4.39. The van der Waals surface area contributed by atoms with Crippen molar-refractivity contribution in [3.63, 3.8) is 0 Å². The number of nitrogens with zero attached hydrogens (tertiary/aromatic N) is 1. The van der Waals surface area contributed by atoms with E-state index in [1.807, 2.05) is 12.1 Å². The van der Waals surface area contributed by atoms with E-state index in [0.717, 1.165) is 36.9 Å². The molecule has 1 aliphatic rings. The molecule has 0 radical (unpaired) electrons. The summed E-state index contributed by atoms with van der Waals surface area (Å²) in [6.07, 6.45) is 2.03. The van der Waals surface area contributed by atoms with Gasteiger partial charge in [0.15, 0.2) is 0 Å². The summed E-state index contributed by atoms with van der Waals surface area (Å²) < 4.78 is 19.7. The Balaban J connectivity index is 1.54. The molecule has 0 aliphatic carbocycles. The number of benzene rings is 2. The molecular formula is C25H30Cl2FNO4.